The molecule has 6 aromatic carbocycles. The predicted octanol–water partition coefficient (Wildman–Crippen LogP) is 14.9. The SMILES string of the molecule is [2H]C(C)(C)c1ccc(-c2ccnc(-c3[c-]c(-c4cccc5c4nc(-c4ccccc4O)n5-c4ccc(-c5ccccc5C(C)(C)C)c(C([2H])(C)C)c4)cc(C(C)C)c3)c2)cc1.[Pt]. The van der Waals surface area contributed by atoms with Crippen LogP contribution in [0.2, 0.25) is 0 Å². The first kappa shape index (κ1) is 39.9. The Morgan fingerprint density at radius 1 is 0.633 bits per heavy atom. The molecule has 0 saturated carbocycles. The quantitative estimate of drug-likeness (QED) is 0.147. The van der Waals surface area contributed by atoms with Gasteiger partial charge < -0.3 is 5.11 Å². The van der Waals surface area contributed by atoms with Gasteiger partial charge in [0.1, 0.15) is 11.6 Å². The van der Waals surface area contributed by atoms with E-state index in [1.807, 2.05) is 70.3 Å². The van der Waals surface area contributed by atoms with Gasteiger partial charge in [-0.3, -0.25) is 9.55 Å². The Kier molecular flexibility index (Phi) is 11.4. The summed E-state index contributed by atoms with van der Waals surface area (Å²) in [6, 6.07) is 49.0. The molecule has 0 aliphatic carbocycles. The molecule has 0 saturated heterocycles. The average Bonchev–Trinajstić information content (AvgIpc) is 3.62. The van der Waals surface area contributed by atoms with Gasteiger partial charge in [-0.25, -0.2) is 4.98 Å². The first-order valence-electron chi connectivity index (χ1n) is 21.6. The van der Waals surface area contributed by atoms with E-state index in [4.69, 9.17) is 11.3 Å². The molecule has 2 heterocycles. The van der Waals surface area contributed by atoms with E-state index in [1.54, 1.807) is 6.07 Å². The van der Waals surface area contributed by atoms with Crippen molar-refractivity contribution in [3.8, 4) is 67.5 Å². The fourth-order valence-corrected chi connectivity index (χ4v) is 8.08. The maximum Gasteiger partial charge on any atom is 0.148 e. The van der Waals surface area contributed by atoms with Crippen LogP contribution in [0.4, 0.5) is 0 Å². The van der Waals surface area contributed by atoms with Gasteiger partial charge in [-0.05, 0) is 98.5 Å². The minimum Gasteiger partial charge on any atom is -0.507 e. The second kappa shape index (κ2) is 17.2. The monoisotopic (exact) mass is 969 g/mol. The van der Waals surface area contributed by atoms with Gasteiger partial charge in [0, 0.05) is 41.4 Å². The van der Waals surface area contributed by atoms with Crippen molar-refractivity contribution in [2.45, 2.75) is 85.4 Å². The molecule has 306 valence electrons. The van der Waals surface area contributed by atoms with Crippen molar-refractivity contribution in [3.63, 3.8) is 0 Å². The van der Waals surface area contributed by atoms with E-state index >= 15 is 0 Å². The number of rotatable bonds is 9. The number of para-hydroxylation sites is 2. The molecule has 8 aromatic rings. The normalized spacial score (nSPS) is 12.6. The van der Waals surface area contributed by atoms with Crippen molar-refractivity contribution in [1.82, 2.24) is 14.5 Å². The maximum atomic E-state index is 11.3. The molecule has 4 nitrogen and oxygen atoms in total. The average molecular weight is 970 g/mol. The van der Waals surface area contributed by atoms with Crippen LogP contribution in [0.5, 0.6) is 5.75 Å². The molecule has 1 N–H and O–H groups in total. The smallest absolute Gasteiger partial charge is 0.148 e. The third kappa shape index (κ3) is 8.28. The first-order valence-corrected chi connectivity index (χ1v) is 20.6. The third-order valence-corrected chi connectivity index (χ3v) is 11.3. The van der Waals surface area contributed by atoms with E-state index in [0.717, 1.165) is 78.0 Å². The van der Waals surface area contributed by atoms with Crippen LogP contribution in [0.15, 0.2) is 140 Å². The molecule has 60 heavy (non-hydrogen) atoms. The van der Waals surface area contributed by atoms with Crippen LogP contribution >= 0.6 is 0 Å². The fourth-order valence-electron chi connectivity index (χ4n) is 8.08. The van der Waals surface area contributed by atoms with Crippen LogP contribution in [0.25, 0.3) is 72.7 Å². The van der Waals surface area contributed by atoms with Gasteiger partial charge in [-0.2, -0.15) is 0 Å². The van der Waals surface area contributed by atoms with E-state index in [-0.39, 0.29) is 38.1 Å². The van der Waals surface area contributed by atoms with E-state index in [2.05, 4.69) is 136 Å². The number of nitrogens with zero attached hydrogens (tertiary/aromatic N) is 3. The van der Waals surface area contributed by atoms with Crippen molar-refractivity contribution in [3.05, 3.63) is 168 Å². The molecule has 0 atom stereocenters. The minimum atomic E-state index is -0.927. The molecule has 0 bridgehead atoms. The molecule has 0 spiro atoms. The molecule has 0 unspecified atom stereocenters. The third-order valence-electron chi connectivity index (χ3n) is 11.3. The number of aromatic hydroxyl groups is 1. The Balaban J connectivity index is 0.00000578. The van der Waals surface area contributed by atoms with Crippen molar-refractivity contribution in [2.24, 2.45) is 0 Å². The first-order chi connectivity index (χ1) is 28.9. The second-order valence-corrected chi connectivity index (χ2v) is 17.4. The van der Waals surface area contributed by atoms with Gasteiger partial charge in [0.15, 0.2) is 0 Å². The molecule has 0 aliphatic heterocycles. The molecule has 0 fully saturated rings. The molecular formula is C55H54N3OPt-. The van der Waals surface area contributed by atoms with E-state index < -0.39 is 11.8 Å². The maximum absolute atomic E-state index is 11.3. The summed E-state index contributed by atoms with van der Waals surface area (Å²) < 4.78 is 20.0. The van der Waals surface area contributed by atoms with E-state index in [0.29, 0.717) is 11.4 Å². The Morgan fingerprint density at radius 3 is 2.00 bits per heavy atom. The number of hydrogen-bond acceptors (Lipinski definition) is 3. The summed E-state index contributed by atoms with van der Waals surface area (Å²) in [5, 5.41) is 11.3. The summed E-state index contributed by atoms with van der Waals surface area (Å²) in [5.74, 6) is -0.623. The molecule has 0 amide bonds. The topological polar surface area (TPSA) is 50.9 Å². The summed E-state index contributed by atoms with van der Waals surface area (Å²) >= 11 is 0. The molecule has 0 radical (unpaired) electrons. The predicted molar refractivity (Wildman–Crippen MR) is 248 cm³/mol. The van der Waals surface area contributed by atoms with Gasteiger partial charge in [0.25, 0.3) is 0 Å². The van der Waals surface area contributed by atoms with Crippen molar-refractivity contribution in [2.75, 3.05) is 0 Å². The second-order valence-electron chi connectivity index (χ2n) is 17.4. The summed E-state index contributed by atoms with van der Waals surface area (Å²) in [6.45, 7) is 18.8. The van der Waals surface area contributed by atoms with Crippen LogP contribution in [-0.2, 0) is 26.5 Å². The van der Waals surface area contributed by atoms with Crippen molar-refractivity contribution >= 4 is 11.0 Å². The minimum absolute atomic E-state index is 0. The zero-order valence-corrected chi connectivity index (χ0v) is 38.2. The Morgan fingerprint density at radius 2 is 1.32 bits per heavy atom. The van der Waals surface area contributed by atoms with Crippen LogP contribution in [0, 0.1) is 6.07 Å². The number of imidazole rings is 1. The Hall–Kier alpha value is -5.57. The van der Waals surface area contributed by atoms with Crippen LogP contribution in [-0.4, -0.2) is 19.6 Å². The van der Waals surface area contributed by atoms with Crippen molar-refractivity contribution in [1.29, 1.82) is 0 Å². The summed E-state index contributed by atoms with van der Waals surface area (Å²) in [5.41, 5.74) is 15.0. The number of fused-ring (bicyclic) bond motifs is 1. The van der Waals surface area contributed by atoms with E-state index in [1.165, 1.54) is 5.56 Å². The number of phenolic OH excluding ortho intramolecular Hbond substituents is 1. The number of benzene rings is 6. The van der Waals surface area contributed by atoms with Gasteiger partial charge in [-0.15, -0.1) is 29.3 Å². The van der Waals surface area contributed by atoms with Crippen molar-refractivity contribution < 1.29 is 28.9 Å². The van der Waals surface area contributed by atoms with Gasteiger partial charge >= 0.3 is 0 Å². The largest absolute Gasteiger partial charge is 0.507 e. The zero-order valence-electron chi connectivity index (χ0n) is 38.0. The number of pyridine rings is 1. The van der Waals surface area contributed by atoms with Crippen LogP contribution < -0.4 is 0 Å². The van der Waals surface area contributed by atoms with E-state index in [9.17, 15) is 6.48 Å². The van der Waals surface area contributed by atoms with Gasteiger partial charge in [-0.1, -0.05) is 158 Å². The number of phenols is 1. The molecular weight excluding hydrogens is 914 g/mol. The molecule has 5 heteroatoms. The molecule has 2 aromatic heterocycles. The van der Waals surface area contributed by atoms with Gasteiger partial charge in [0.05, 0.1) is 16.6 Å². The Bertz CT molecular complexity index is 2910. The summed E-state index contributed by atoms with van der Waals surface area (Å²) in [4.78, 5) is 10.2. The Labute approximate surface area is 373 Å². The number of aromatic nitrogens is 3. The summed E-state index contributed by atoms with van der Waals surface area (Å²) in [7, 11) is 0. The molecule has 0 aliphatic rings. The van der Waals surface area contributed by atoms with Crippen LogP contribution in [0.1, 0.15) is 105 Å². The standard InChI is InChI=1S/C55H54N3O.Pt/c1-34(2)37-21-23-38(24-22-37)39-27-28-56-50(32-39)42-30-40(35(3)4)29-41(31-42)44-17-14-19-51-53(44)57-54(47-16-11-13-20-52(47)59)58(51)43-25-26-45(48(33-43)36(5)6)46-15-10-12-18-49(46)55(7,8)9;/h10-30,32-36,59H,1-9H3;/q-1;/i34D,36D;. The number of hydrogen-bond donors (Lipinski definition) is 1. The van der Waals surface area contributed by atoms with Gasteiger partial charge in [0.2, 0.25) is 0 Å². The molecule has 8 rings (SSSR count). The fraction of sp³-hybridized carbons (Fsp3) is 0.236. The van der Waals surface area contributed by atoms with Crippen LogP contribution in [0.3, 0.4) is 0 Å². The zero-order chi connectivity index (χ0) is 43.4. The summed E-state index contributed by atoms with van der Waals surface area (Å²) in [6.07, 6.45) is 1.85.